The van der Waals surface area contributed by atoms with Gasteiger partial charge in [-0.05, 0) is 14.0 Å². The maximum atomic E-state index is 10.6. The number of hydrogen-bond donors (Lipinski definition) is 2. The van der Waals surface area contributed by atoms with Gasteiger partial charge in [0.05, 0.1) is 6.61 Å². The summed E-state index contributed by atoms with van der Waals surface area (Å²) < 4.78 is 4.61. The van der Waals surface area contributed by atoms with Crippen LogP contribution in [0.5, 0.6) is 0 Å². The second-order valence-electron chi connectivity index (χ2n) is 1.75. The first-order valence-electron chi connectivity index (χ1n) is 3.36. The first-order chi connectivity index (χ1) is 4.81. The van der Waals surface area contributed by atoms with E-state index < -0.39 is 0 Å². The van der Waals surface area contributed by atoms with Crippen LogP contribution in [0.3, 0.4) is 0 Å². The summed E-state index contributed by atoms with van der Waals surface area (Å²) in [7, 11) is 1.83. The van der Waals surface area contributed by atoms with Crippen molar-refractivity contribution in [2.45, 2.75) is 6.92 Å². The average Bonchev–Trinajstić information content (AvgIpc) is 1.89. The molecule has 4 nitrogen and oxygen atoms in total. The van der Waals surface area contributed by atoms with Gasteiger partial charge in [-0.25, -0.2) is 4.79 Å². The number of carbonyl (C=O) groups excluding carboxylic acids is 1. The molecule has 0 aliphatic heterocycles. The van der Waals surface area contributed by atoms with Crippen LogP contribution in [0.15, 0.2) is 0 Å². The van der Waals surface area contributed by atoms with Gasteiger partial charge in [0.2, 0.25) is 0 Å². The van der Waals surface area contributed by atoms with Crippen LogP contribution in [0.25, 0.3) is 0 Å². The van der Waals surface area contributed by atoms with Crippen LogP contribution in [-0.2, 0) is 4.74 Å². The zero-order chi connectivity index (χ0) is 7.82. The van der Waals surface area contributed by atoms with E-state index in [0.717, 1.165) is 6.54 Å². The third-order valence-electron chi connectivity index (χ3n) is 0.920. The van der Waals surface area contributed by atoms with Crippen LogP contribution >= 0.6 is 0 Å². The van der Waals surface area contributed by atoms with Gasteiger partial charge in [-0.1, -0.05) is 0 Å². The lowest BCUT2D eigenvalue weighted by molar-refractivity contribution is 0.152. The van der Waals surface area contributed by atoms with Crippen molar-refractivity contribution in [2.75, 3.05) is 26.7 Å². The zero-order valence-corrected chi connectivity index (χ0v) is 6.44. The van der Waals surface area contributed by atoms with Gasteiger partial charge in [0, 0.05) is 13.1 Å². The van der Waals surface area contributed by atoms with Crippen molar-refractivity contribution in [3.05, 3.63) is 0 Å². The number of alkyl carbamates (subject to hydrolysis) is 1. The number of carbonyl (C=O) groups is 1. The molecule has 10 heavy (non-hydrogen) atoms. The van der Waals surface area contributed by atoms with Gasteiger partial charge in [-0.2, -0.15) is 0 Å². The van der Waals surface area contributed by atoms with E-state index in [2.05, 4.69) is 15.4 Å². The van der Waals surface area contributed by atoms with Crippen molar-refractivity contribution in [3.63, 3.8) is 0 Å². The van der Waals surface area contributed by atoms with Crippen molar-refractivity contribution in [3.8, 4) is 0 Å². The van der Waals surface area contributed by atoms with Crippen molar-refractivity contribution >= 4 is 6.09 Å². The summed E-state index contributed by atoms with van der Waals surface area (Å²) in [6.45, 7) is 3.57. The Bertz CT molecular complexity index is 95.7. The standard InChI is InChI=1S/C6H14N2O2/c1-3-10-6(9)8-5-4-7-2/h7H,3-5H2,1-2H3,(H,8,9). The van der Waals surface area contributed by atoms with E-state index in [0.29, 0.717) is 13.2 Å². The molecule has 2 N–H and O–H groups in total. The lowest BCUT2D eigenvalue weighted by Crippen LogP contribution is -2.30. The molecule has 0 heterocycles. The molecule has 1 amide bonds. The van der Waals surface area contributed by atoms with E-state index in [1.165, 1.54) is 0 Å². The Balaban J connectivity index is 3.05. The molecule has 60 valence electrons. The van der Waals surface area contributed by atoms with Crippen LogP contribution < -0.4 is 10.6 Å². The van der Waals surface area contributed by atoms with Crippen LogP contribution in [0.1, 0.15) is 6.92 Å². The smallest absolute Gasteiger partial charge is 0.407 e. The minimum atomic E-state index is -0.349. The molecule has 0 saturated carbocycles. The van der Waals surface area contributed by atoms with Gasteiger partial charge in [0.25, 0.3) is 0 Å². The first-order valence-corrected chi connectivity index (χ1v) is 3.36. The molecule has 0 aromatic heterocycles. The van der Waals surface area contributed by atoms with Gasteiger partial charge in [0.15, 0.2) is 0 Å². The molecule has 0 bridgehead atoms. The first kappa shape index (κ1) is 9.23. The Morgan fingerprint density at radius 3 is 2.70 bits per heavy atom. The SMILES string of the molecule is CCOC(=O)NCCNC. The fourth-order valence-corrected chi connectivity index (χ4v) is 0.472. The molecule has 0 spiro atoms. The second kappa shape index (κ2) is 6.35. The largest absolute Gasteiger partial charge is 0.450 e. The number of ether oxygens (including phenoxy) is 1. The number of nitrogens with one attached hydrogen (secondary N) is 2. The molecule has 0 fully saturated rings. The fourth-order valence-electron chi connectivity index (χ4n) is 0.472. The Morgan fingerprint density at radius 1 is 1.50 bits per heavy atom. The number of likely N-dealkylation sites (N-methyl/N-ethyl adjacent to an activating group) is 1. The summed E-state index contributed by atoms with van der Waals surface area (Å²) in [5, 5.41) is 5.46. The molecule has 0 unspecified atom stereocenters. The number of hydrogen-bond acceptors (Lipinski definition) is 3. The highest BCUT2D eigenvalue weighted by Gasteiger charge is 1.95. The molecular formula is C6H14N2O2. The van der Waals surface area contributed by atoms with Gasteiger partial charge < -0.3 is 15.4 Å². The lowest BCUT2D eigenvalue weighted by atomic mass is 10.6. The molecule has 0 saturated heterocycles. The Morgan fingerprint density at radius 2 is 2.20 bits per heavy atom. The molecule has 0 aliphatic carbocycles. The quantitative estimate of drug-likeness (QED) is 0.547. The molecule has 0 rings (SSSR count). The van der Waals surface area contributed by atoms with Crippen LogP contribution in [0.2, 0.25) is 0 Å². The normalized spacial score (nSPS) is 9.00. The molecule has 0 aliphatic rings. The highest BCUT2D eigenvalue weighted by molar-refractivity contribution is 5.66. The van der Waals surface area contributed by atoms with Crippen molar-refractivity contribution in [1.82, 2.24) is 10.6 Å². The Hall–Kier alpha value is -0.770. The monoisotopic (exact) mass is 146 g/mol. The number of rotatable bonds is 4. The van der Waals surface area contributed by atoms with Crippen LogP contribution in [-0.4, -0.2) is 32.8 Å². The molecule has 4 heteroatoms. The van der Waals surface area contributed by atoms with E-state index in [9.17, 15) is 4.79 Å². The van der Waals surface area contributed by atoms with Gasteiger partial charge in [-0.15, -0.1) is 0 Å². The molecule has 0 atom stereocenters. The predicted octanol–water partition coefficient (Wildman–Crippen LogP) is -0.0481. The van der Waals surface area contributed by atoms with Gasteiger partial charge >= 0.3 is 6.09 Å². The summed E-state index contributed by atoms with van der Waals surface area (Å²) in [5.41, 5.74) is 0. The predicted molar refractivity (Wildman–Crippen MR) is 39.0 cm³/mol. The minimum Gasteiger partial charge on any atom is -0.450 e. The van der Waals surface area contributed by atoms with Gasteiger partial charge in [-0.3, -0.25) is 0 Å². The molecular weight excluding hydrogens is 132 g/mol. The zero-order valence-electron chi connectivity index (χ0n) is 6.44. The summed E-state index contributed by atoms with van der Waals surface area (Å²) >= 11 is 0. The van der Waals surface area contributed by atoms with Crippen molar-refractivity contribution in [1.29, 1.82) is 0 Å². The summed E-state index contributed by atoms with van der Waals surface area (Å²) in [4.78, 5) is 10.6. The minimum absolute atomic E-state index is 0.349. The summed E-state index contributed by atoms with van der Waals surface area (Å²) in [6, 6.07) is 0. The third-order valence-corrected chi connectivity index (χ3v) is 0.920. The highest BCUT2D eigenvalue weighted by atomic mass is 16.5. The van der Waals surface area contributed by atoms with Crippen LogP contribution in [0.4, 0.5) is 4.79 Å². The molecule has 0 aromatic carbocycles. The highest BCUT2D eigenvalue weighted by Crippen LogP contribution is 1.73. The topological polar surface area (TPSA) is 50.4 Å². The fraction of sp³-hybridized carbons (Fsp3) is 0.833. The summed E-state index contributed by atoms with van der Waals surface area (Å²) in [6.07, 6.45) is -0.349. The van der Waals surface area contributed by atoms with E-state index >= 15 is 0 Å². The third kappa shape index (κ3) is 5.37. The maximum Gasteiger partial charge on any atom is 0.407 e. The van der Waals surface area contributed by atoms with Crippen LogP contribution in [0, 0.1) is 0 Å². The average molecular weight is 146 g/mol. The second-order valence-corrected chi connectivity index (χ2v) is 1.75. The van der Waals surface area contributed by atoms with E-state index in [-0.39, 0.29) is 6.09 Å². The van der Waals surface area contributed by atoms with Crippen molar-refractivity contribution < 1.29 is 9.53 Å². The van der Waals surface area contributed by atoms with E-state index in [1.807, 2.05) is 7.05 Å². The van der Waals surface area contributed by atoms with E-state index in [4.69, 9.17) is 0 Å². The lowest BCUT2D eigenvalue weighted by Gasteiger charge is -2.03. The number of amides is 1. The Kier molecular flexibility index (Phi) is 5.86. The van der Waals surface area contributed by atoms with E-state index in [1.54, 1.807) is 6.92 Å². The van der Waals surface area contributed by atoms with Crippen molar-refractivity contribution in [2.24, 2.45) is 0 Å². The van der Waals surface area contributed by atoms with Gasteiger partial charge in [0.1, 0.15) is 0 Å². The Labute approximate surface area is 60.9 Å². The molecule has 0 aromatic rings. The summed E-state index contributed by atoms with van der Waals surface area (Å²) in [5.74, 6) is 0. The molecule has 0 radical (unpaired) electrons. The maximum absolute atomic E-state index is 10.6.